The van der Waals surface area contributed by atoms with E-state index >= 15 is 0 Å². The predicted octanol–water partition coefficient (Wildman–Crippen LogP) is 3.63. The number of rotatable bonds is 6. The van der Waals surface area contributed by atoms with Crippen molar-refractivity contribution in [2.45, 2.75) is 52.6 Å². The van der Waals surface area contributed by atoms with Gasteiger partial charge < -0.3 is 10.2 Å². The van der Waals surface area contributed by atoms with Crippen molar-refractivity contribution in [2.75, 3.05) is 6.54 Å². The number of piperazine rings is 1. The lowest BCUT2D eigenvalue weighted by atomic mass is 9.95. The van der Waals surface area contributed by atoms with Gasteiger partial charge in [-0.3, -0.25) is 9.59 Å². The van der Waals surface area contributed by atoms with Crippen molar-refractivity contribution in [3.8, 4) is 0 Å². The van der Waals surface area contributed by atoms with Crippen molar-refractivity contribution in [3.05, 3.63) is 41.7 Å². The van der Waals surface area contributed by atoms with Crippen molar-refractivity contribution in [1.29, 1.82) is 0 Å². The lowest BCUT2D eigenvalue weighted by Crippen LogP contribution is -2.61. The van der Waals surface area contributed by atoms with Crippen LogP contribution in [0.15, 0.2) is 30.3 Å². The van der Waals surface area contributed by atoms with Gasteiger partial charge in [-0.1, -0.05) is 39.8 Å². The average molecular weight is 360 g/mol. The van der Waals surface area contributed by atoms with E-state index in [0.717, 1.165) is 12.0 Å². The van der Waals surface area contributed by atoms with Crippen LogP contribution in [0.1, 0.15) is 46.1 Å². The van der Waals surface area contributed by atoms with Gasteiger partial charge in [0.05, 0.1) is 0 Å². The molecule has 1 heterocycles. The molecule has 2 rings (SSSR count). The average Bonchev–Trinajstić information content (AvgIpc) is 2.55. The smallest absolute Gasteiger partial charge is 0.247 e. The summed E-state index contributed by atoms with van der Waals surface area (Å²) in [5.41, 5.74) is 0.750. The molecule has 1 fully saturated rings. The van der Waals surface area contributed by atoms with Crippen LogP contribution in [0.4, 0.5) is 4.39 Å². The molecule has 0 aromatic heterocycles. The van der Waals surface area contributed by atoms with Crippen LogP contribution in [0.2, 0.25) is 0 Å². The normalized spacial score (nSPS) is 20.9. The molecule has 26 heavy (non-hydrogen) atoms. The Morgan fingerprint density at radius 2 is 1.81 bits per heavy atom. The number of carbonyl (C=O) groups excluding carboxylic acids is 2. The van der Waals surface area contributed by atoms with Gasteiger partial charge >= 0.3 is 0 Å². The van der Waals surface area contributed by atoms with E-state index in [1.165, 1.54) is 18.2 Å². The molecular weight excluding hydrogens is 331 g/mol. The Kier molecular flexibility index (Phi) is 6.95. The highest BCUT2D eigenvalue weighted by molar-refractivity contribution is 5.96. The Balaban J connectivity index is 2.16. The fourth-order valence-corrected chi connectivity index (χ4v) is 3.31. The van der Waals surface area contributed by atoms with Gasteiger partial charge in [-0.05, 0) is 48.4 Å². The second-order valence-corrected chi connectivity index (χ2v) is 7.86. The number of benzene rings is 1. The maximum atomic E-state index is 13.0. The molecule has 1 saturated heterocycles. The number of hydrogen-bond donors (Lipinski definition) is 1. The lowest BCUT2D eigenvalue weighted by molar-refractivity contribution is -0.142. The summed E-state index contributed by atoms with van der Waals surface area (Å²) in [5, 5.41) is 3.07. The van der Waals surface area contributed by atoms with Gasteiger partial charge in [0.25, 0.3) is 0 Å². The van der Waals surface area contributed by atoms with E-state index in [4.69, 9.17) is 0 Å². The minimum Gasteiger partial charge on any atom is -0.350 e. The minimum absolute atomic E-state index is 0.0194. The molecule has 1 aromatic rings. The molecule has 1 aliphatic heterocycles. The van der Waals surface area contributed by atoms with E-state index in [1.807, 2.05) is 13.8 Å². The second-order valence-electron chi connectivity index (χ2n) is 7.86. The fourth-order valence-electron chi connectivity index (χ4n) is 3.31. The minimum atomic E-state index is -0.441. The maximum Gasteiger partial charge on any atom is 0.247 e. The molecule has 2 unspecified atom stereocenters. The SMILES string of the molecule is CC(C)CC1CN(C(=O)C=Cc2ccc(F)cc2)C(CC(C)C)C(=O)N1. The van der Waals surface area contributed by atoms with Crippen LogP contribution < -0.4 is 5.32 Å². The molecule has 0 bridgehead atoms. The lowest BCUT2D eigenvalue weighted by Gasteiger charge is -2.40. The molecule has 1 aromatic carbocycles. The van der Waals surface area contributed by atoms with Crippen molar-refractivity contribution in [1.82, 2.24) is 10.2 Å². The van der Waals surface area contributed by atoms with Crippen LogP contribution in [-0.2, 0) is 9.59 Å². The molecule has 2 atom stereocenters. The number of halogens is 1. The highest BCUT2D eigenvalue weighted by atomic mass is 19.1. The summed E-state index contributed by atoms with van der Waals surface area (Å²) in [7, 11) is 0. The Morgan fingerprint density at radius 1 is 1.19 bits per heavy atom. The van der Waals surface area contributed by atoms with Crippen molar-refractivity contribution in [3.63, 3.8) is 0 Å². The van der Waals surface area contributed by atoms with Gasteiger partial charge in [0.1, 0.15) is 11.9 Å². The molecule has 0 saturated carbocycles. The number of amides is 2. The van der Waals surface area contributed by atoms with Gasteiger partial charge in [-0.2, -0.15) is 0 Å². The molecule has 0 radical (unpaired) electrons. The summed E-state index contributed by atoms with van der Waals surface area (Å²) >= 11 is 0. The summed E-state index contributed by atoms with van der Waals surface area (Å²) in [5.74, 6) is 0.190. The Bertz CT molecular complexity index is 652. The Morgan fingerprint density at radius 3 is 2.38 bits per heavy atom. The molecule has 0 aliphatic carbocycles. The molecule has 1 N–H and O–H groups in total. The Hall–Kier alpha value is -2.17. The third kappa shape index (κ3) is 5.68. The number of nitrogens with one attached hydrogen (secondary N) is 1. The van der Waals surface area contributed by atoms with Crippen LogP contribution in [0, 0.1) is 17.7 Å². The molecule has 0 spiro atoms. The zero-order valence-electron chi connectivity index (χ0n) is 16.0. The predicted molar refractivity (Wildman–Crippen MR) is 102 cm³/mol. The molecule has 4 nitrogen and oxygen atoms in total. The third-order valence-corrected chi connectivity index (χ3v) is 4.46. The first-order valence-corrected chi connectivity index (χ1v) is 9.31. The van der Waals surface area contributed by atoms with E-state index in [-0.39, 0.29) is 23.7 Å². The van der Waals surface area contributed by atoms with Gasteiger partial charge in [0.2, 0.25) is 11.8 Å². The quantitative estimate of drug-likeness (QED) is 0.788. The van der Waals surface area contributed by atoms with E-state index in [2.05, 4.69) is 19.2 Å². The first kappa shape index (κ1) is 20.1. The molecule has 2 amide bonds. The zero-order chi connectivity index (χ0) is 19.3. The van der Waals surface area contributed by atoms with E-state index < -0.39 is 6.04 Å². The highest BCUT2D eigenvalue weighted by Crippen LogP contribution is 2.20. The first-order valence-electron chi connectivity index (χ1n) is 9.31. The van der Waals surface area contributed by atoms with Gasteiger partial charge in [0, 0.05) is 18.7 Å². The summed E-state index contributed by atoms with van der Waals surface area (Å²) in [6, 6.07) is 5.50. The maximum absolute atomic E-state index is 13.0. The summed E-state index contributed by atoms with van der Waals surface area (Å²) < 4.78 is 13.0. The highest BCUT2D eigenvalue weighted by Gasteiger charge is 2.36. The number of nitrogens with zero attached hydrogens (tertiary/aromatic N) is 1. The third-order valence-electron chi connectivity index (χ3n) is 4.46. The van der Waals surface area contributed by atoms with Gasteiger partial charge in [-0.15, -0.1) is 0 Å². The van der Waals surface area contributed by atoms with Gasteiger partial charge in [-0.25, -0.2) is 4.39 Å². The fraction of sp³-hybridized carbons (Fsp3) is 0.524. The van der Waals surface area contributed by atoms with Crippen LogP contribution in [0.25, 0.3) is 6.08 Å². The summed E-state index contributed by atoms with van der Waals surface area (Å²) in [6.07, 6.45) is 4.62. The number of hydrogen-bond acceptors (Lipinski definition) is 2. The van der Waals surface area contributed by atoms with Crippen LogP contribution in [0.5, 0.6) is 0 Å². The van der Waals surface area contributed by atoms with E-state index in [0.29, 0.717) is 24.8 Å². The first-order chi connectivity index (χ1) is 12.3. The molecular formula is C21H29FN2O2. The zero-order valence-corrected chi connectivity index (χ0v) is 16.0. The standard InChI is InChI=1S/C21H29FN2O2/c1-14(2)11-18-13-24(19(12-15(3)4)21(26)23-18)20(25)10-7-16-5-8-17(22)9-6-16/h5-10,14-15,18-19H,11-13H2,1-4H3,(H,23,26). The van der Waals surface area contributed by atoms with Crippen molar-refractivity contribution >= 4 is 17.9 Å². The second kappa shape index (κ2) is 8.97. The van der Waals surface area contributed by atoms with E-state index in [9.17, 15) is 14.0 Å². The molecule has 142 valence electrons. The topological polar surface area (TPSA) is 49.4 Å². The van der Waals surface area contributed by atoms with Crippen molar-refractivity contribution < 1.29 is 14.0 Å². The van der Waals surface area contributed by atoms with Crippen LogP contribution in [-0.4, -0.2) is 35.3 Å². The summed E-state index contributed by atoms with van der Waals surface area (Å²) in [6.45, 7) is 8.82. The monoisotopic (exact) mass is 360 g/mol. The largest absolute Gasteiger partial charge is 0.350 e. The molecule has 5 heteroatoms. The van der Waals surface area contributed by atoms with E-state index in [1.54, 1.807) is 23.1 Å². The summed E-state index contributed by atoms with van der Waals surface area (Å²) in [4.78, 5) is 27.1. The van der Waals surface area contributed by atoms with Crippen molar-refractivity contribution in [2.24, 2.45) is 11.8 Å². The van der Waals surface area contributed by atoms with Crippen LogP contribution in [0.3, 0.4) is 0 Å². The number of carbonyl (C=O) groups is 2. The van der Waals surface area contributed by atoms with Crippen LogP contribution >= 0.6 is 0 Å². The van der Waals surface area contributed by atoms with Gasteiger partial charge in [0.15, 0.2) is 0 Å². The Labute approximate surface area is 155 Å². The molecule has 1 aliphatic rings.